The van der Waals surface area contributed by atoms with E-state index in [0.717, 1.165) is 15.7 Å². The van der Waals surface area contributed by atoms with E-state index in [-0.39, 0.29) is 17.7 Å². The predicted molar refractivity (Wildman–Crippen MR) is 114 cm³/mol. The fraction of sp³-hybridized carbons (Fsp3) is 0.350. The smallest absolute Gasteiger partial charge is 0.410 e. The molecule has 8 heteroatoms. The average molecular weight is 492 g/mol. The van der Waals surface area contributed by atoms with E-state index < -0.39 is 5.60 Å². The van der Waals surface area contributed by atoms with Crippen LogP contribution in [0.25, 0.3) is 11.2 Å². The van der Waals surface area contributed by atoms with Crippen LogP contribution in [-0.4, -0.2) is 37.3 Å². The van der Waals surface area contributed by atoms with Gasteiger partial charge < -0.3 is 4.74 Å². The molecule has 1 fully saturated rings. The maximum atomic E-state index is 13.3. The van der Waals surface area contributed by atoms with Crippen LogP contribution in [0.4, 0.5) is 4.79 Å². The van der Waals surface area contributed by atoms with Gasteiger partial charge in [-0.15, -0.1) is 0 Å². The molecule has 7 nitrogen and oxygen atoms in total. The van der Waals surface area contributed by atoms with Crippen LogP contribution in [0.1, 0.15) is 39.1 Å². The summed E-state index contributed by atoms with van der Waals surface area (Å²) in [4.78, 5) is 27.6. The van der Waals surface area contributed by atoms with Crippen molar-refractivity contribution in [3.05, 3.63) is 62.3 Å². The van der Waals surface area contributed by atoms with E-state index in [1.165, 1.54) is 0 Å². The number of likely N-dealkylation sites (tertiary alicyclic amines) is 1. The van der Waals surface area contributed by atoms with Crippen LogP contribution >= 0.6 is 22.6 Å². The topological polar surface area (TPSA) is 68.8 Å². The van der Waals surface area contributed by atoms with Crippen LogP contribution in [0.2, 0.25) is 0 Å². The van der Waals surface area contributed by atoms with Crippen molar-refractivity contribution in [2.45, 2.75) is 38.8 Å². The number of halogens is 1. The zero-order valence-electron chi connectivity index (χ0n) is 15.9. The Morgan fingerprint density at radius 3 is 2.54 bits per heavy atom. The fourth-order valence-electron chi connectivity index (χ4n) is 3.28. The summed E-state index contributed by atoms with van der Waals surface area (Å²) < 4.78 is 9.57. The molecule has 2 aromatic heterocycles. The van der Waals surface area contributed by atoms with E-state index >= 15 is 0 Å². The number of carbonyl (C=O) groups excluding carboxylic acids is 1. The van der Waals surface area contributed by atoms with Gasteiger partial charge in [-0.3, -0.25) is 14.3 Å². The van der Waals surface area contributed by atoms with Crippen molar-refractivity contribution < 1.29 is 9.53 Å². The van der Waals surface area contributed by atoms with Crippen molar-refractivity contribution in [3.63, 3.8) is 0 Å². The van der Waals surface area contributed by atoms with E-state index in [9.17, 15) is 9.59 Å². The van der Waals surface area contributed by atoms with Crippen LogP contribution < -0.4 is 5.56 Å². The number of benzene rings is 1. The molecule has 1 aromatic carbocycles. The van der Waals surface area contributed by atoms with Crippen LogP contribution in [0, 0.1) is 3.57 Å². The molecule has 0 radical (unpaired) electrons. The number of para-hydroxylation sites is 1. The molecule has 3 aromatic rings. The van der Waals surface area contributed by atoms with Gasteiger partial charge in [0.25, 0.3) is 5.56 Å². The third kappa shape index (κ3) is 3.30. The lowest BCUT2D eigenvalue weighted by Gasteiger charge is -2.41. The van der Waals surface area contributed by atoms with Gasteiger partial charge in [-0.1, -0.05) is 18.2 Å². The standard InChI is InChI=1S/C20H21IN4O3/c1-20(2,3)28-19(27)23-11-10-15(23)17-22-24-12-9-14(21)16(24)18(26)25(17)13-7-5-4-6-8-13/h4-9,12,15H,10-11H2,1-3H3/t15-/m0/s1. The number of hydrogen-bond acceptors (Lipinski definition) is 4. The summed E-state index contributed by atoms with van der Waals surface area (Å²) in [5.41, 5.74) is 0.521. The Morgan fingerprint density at radius 1 is 1.21 bits per heavy atom. The number of amides is 1. The second-order valence-electron chi connectivity index (χ2n) is 7.77. The number of aromatic nitrogens is 3. The number of hydrogen-bond donors (Lipinski definition) is 0. The van der Waals surface area contributed by atoms with Crippen LogP contribution in [0.15, 0.2) is 47.4 Å². The van der Waals surface area contributed by atoms with E-state index in [4.69, 9.17) is 9.84 Å². The molecular formula is C20H21IN4O3. The van der Waals surface area contributed by atoms with E-state index in [1.54, 1.807) is 20.2 Å². The van der Waals surface area contributed by atoms with E-state index in [2.05, 4.69) is 22.6 Å². The maximum Gasteiger partial charge on any atom is 0.410 e. The molecule has 28 heavy (non-hydrogen) atoms. The first-order chi connectivity index (χ1) is 13.3. The zero-order chi connectivity index (χ0) is 20.1. The summed E-state index contributed by atoms with van der Waals surface area (Å²) in [6.07, 6.45) is 2.11. The predicted octanol–water partition coefficient (Wildman–Crippen LogP) is 3.77. The molecule has 1 saturated heterocycles. The highest BCUT2D eigenvalue weighted by atomic mass is 127. The van der Waals surface area contributed by atoms with Gasteiger partial charge in [0.1, 0.15) is 11.1 Å². The van der Waals surface area contributed by atoms with Crippen molar-refractivity contribution >= 4 is 34.2 Å². The lowest BCUT2D eigenvalue weighted by atomic mass is 10.0. The molecule has 4 rings (SSSR count). The number of nitrogens with zero attached hydrogens (tertiary/aromatic N) is 4. The molecule has 1 aliphatic rings. The Bertz CT molecular complexity index is 1100. The Labute approximate surface area is 176 Å². The summed E-state index contributed by atoms with van der Waals surface area (Å²) >= 11 is 2.14. The third-order valence-corrected chi connectivity index (χ3v) is 5.49. The molecule has 1 amide bonds. The first-order valence-corrected chi connectivity index (χ1v) is 10.2. The summed E-state index contributed by atoms with van der Waals surface area (Å²) in [6.45, 7) is 6.09. The SMILES string of the molecule is CC(C)(C)OC(=O)N1CC[C@H]1c1nn2ccc(I)c2c(=O)n1-c1ccccc1. The summed E-state index contributed by atoms with van der Waals surface area (Å²) in [7, 11) is 0. The lowest BCUT2D eigenvalue weighted by molar-refractivity contribution is -0.00811. The van der Waals surface area contributed by atoms with Crippen molar-refractivity contribution in [1.82, 2.24) is 19.1 Å². The van der Waals surface area contributed by atoms with Gasteiger partial charge in [0, 0.05) is 16.3 Å². The normalized spacial score (nSPS) is 16.9. The van der Waals surface area contributed by atoms with Crippen LogP contribution in [-0.2, 0) is 4.74 Å². The van der Waals surface area contributed by atoms with Gasteiger partial charge in [-0.05, 0) is 68.0 Å². The van der Waals surface area contributed by atoms with Crippen molar-refractivity contribution in [2.24, 2.45) is 0 Å². The molecule has 0 bridgehead atoms. The molecule has 0 saturated carbocycles. The highest BCUT2D eigenvalue weighted by molar-refractivity contribution is 14.1. The van der Waals surface area contributed by atoms with Gasteiger partial charge in [0.2, 0.25) is 0 Å². The molecule has 1 aliphatic heterocycles. The molecule has 1 atom stereocenters. The van der Waals surface area contributed by atoms with Crippen LogP contribution in [0.5, 0.6) is 0 Å². The summed E-state index contributed by atoms with van der Waals surface area (Å²) in [6, 6.07) is 10.9. The quantitative estimate of drug-likeness (QED) is 0.511. The molecular weight excluding hydrogens is 471 g/mol. The second kappa shape index (κ2) is 6.91. The van der Waals surface area contributed by atoms with Gasteiger partial charge in [0.05, 0.1) is 11.7 Å². The molecule has 0 aliphatic carbocycles. The first kappa shape index (κ1) is 19.0. The van der Waals surface area contributed by atoms with Crippen molar-refractivity contribution in [3.8, 4) is 5.69 Å². The largest absolute Gasteiger partial charge is 0.444 e. The monoisotopic (exact) mass is 492 g/mol. The van der Waals surface area contributed by atoms with Gasteiger partial charge >= 0.3 is 6.09 Å². The highest BCUT2D eigenvalue weighted by Gasteiger charge is 2.39. The number of carbonyl (C=O) groups is 1. The second-order valence-corrected chi connectivity index (χ2v) is 8.93. The summed E-state index contributed by atoms with van der Waals surface area (Å²) in [5, 5.41) is 4.71. The van der Waals surface area contributed by atoms with Crippen molar-refractivity contribution in [2.75, 3.05) is 6.54 Å². The minimum Gasteiger partial charge on any atom is -0.444 e. The van der Waals surface area contributed by atoms with E-state index in [0.29, 0.717) is 17.9 Å². The third-order valence-electron chi connectivity index (χ3n) is 4.62. The van der Waals surface area contributed by atoms with Crippen LogP contribution in [0.3, 0.4) is 0 Å². The van der Waals surface area contributed by atoms with Crippen molar-refractivity contribution in [1.29, 1.82) is 0 Å². The molecule has 146 valence electrons. The first-order valence-electron chi connectivity index (χ1n) is 9.11. The number of rotatable bonds is 2. The Morgan fingerprint density at radius 2 is 1.93 bits per heavy atom. The fourth-order valence-corrected chi connectivity index (χ4v) is 3.92. The molecule has 0 spiro atoms. The van der Waals surface area contributed by atoms with Gasteiger partial charge in [0.15, 0.2) is 5.82 Å². The minimum absolute atomic E-state index is 0.151. The Kier molecular flexibility index (Phi) is 4.68. The minimum atomic E-state index is -0.579. The molecule has 3 heterocycles. The molecule has 0 N–H and O–H groups in total. The number of ether oxygens (including phenoxy) is 1. The maximum absolute atomic E-state index is 13.3. The van der Waals surface area contributed by atoms with Gasteiger partial charge in [-0.2, -0.15) is 5.10 Å². The molecule has 0 unspecified atom stereocenters. The Balaban J connectivity index is 1.85. The summed E-state index contributed by atoms with van der Waals surface area (Å²) in [5.74, 6) is 0.535. The van der Waals surface area contributed by atoms with E-state index in [1.807, 2.05) is 57.2 Å². The lowest BCUT2D eigenvalue weighted by Crippen LogP contribution is -2.49. The Hall–Kier alpha value is -2.36. The average Bonchev–Trinajstić information content (AvgIpc) is 2.94. The zero-order valence-corrected chi connectivity index (χ0v) is 18.1. The number of fused-ring (bicyclic) bond motifs is 1. The highest BCUT2D eigenvalue weighted by Crippen LogP contribution is 2.34. The van der Waals surface area contributed by atoms with Gasteiger partial charge in [-0.25, -0.2) is 9.31 Å².